The number of morpholine rings is 1. The summed E-state index contributed by atoms with van der Waals surface area (Å²) in [5.74, 6) is 1.11. The van der Waals surface area contributed by atoms with Gasteiger partial charge in [0.05, 0.1) is 25.1 Å². The van der Waals surface area contributed by atoms with Crippen LogP contribution in [0.15, 0.2) is 30.6 Å². The van der Waals surface area contributed by atoms with Gasteiger partial charge in [0.1, 0.15) is 12.7 Å². The predicted octanol–water partition coefficient (Wildman–Crippen LogP) is 2.95. The minimum Gasteiger partial charge on any atom is -0.486 e. The molecule has 8 heteroatoms. The van der Waals surface area contributed by atoms with Gasteiger partial charge in [-0.15, -0.1) is 0 Å². The van der Waals surface area contributed by atoms with E-state index in [9.17, 15) is 5.11 Å². The number of benzene rings is 1. The van der Waals surface area contributed by atoms with Crippen LogP contribution < -0.4 is 9.64 Å². The van der Waals surface area contributed by atoms with Gasteiger partial charge >= 0.3 is 0 Å². The standard InChI is InChI=1S/C17H19Cl2N3O3/c1-11(23)16-9-22(5-6-24-16)17-20-7-12(8-21-17)25-10-13-14(18)3-2-4-15(13)19/h2-4,7-8,11,16,23H,5-6,9-10H2,1H3/t11?,16-/m1/s1. The zero-order valence-corrected chi connectivity index (χ0v) is 15.2. The summed E-state index contributed by atoms with van der Waals surface area (Å²) in [6.45, 7) is 3.71. The Morgan fingerprint density at radius 1 is 1.32 bits per heavy atom. The van der Waals surface area contributed by atoms with Crippen LogP contribution in [0, 0.1) is 0 Å². The maximum absolute atomic E-state index is 9.67. The molecule has 0 saturated carbocycles. The Labute approximate surface area is 156 Å². The van der Waals surface area contributed by atoms with Crippen molar-refractivity contribution in [2.75, 3.05) is 24.6 Å². The average Bonchev–Trinajstić information content (AvgIpc) is 2.62. The Balaban J connectivity index is 1.62. The molecule has 1 unspecified atom stereocenters. The molecule has 6 nitrogen and oxygen atoms in total. The maximum Gasteiger partial charge on any atom is 0.225 e. The quantitative estimate of drug-likeness (QED) is 0.855. The van der Waals surface area contributed by atoms with Crippen molar-refractivity contribution < 1.29 is 14.6 Å². The lowest BCUT2D eigenvalue weighted by atomic mass is 10.2. The van der Waals surface area contributed by atoms with Gasteiger partial charge in [-0.05, 0) is 19.1 Å². The lowest BCUT2D eigenvalue weighted by molar-refractivity contribution is -0.0368. The molecule has 0 amide bonds. The molecule has 1 fully saturated rings. The first-order valence-electron chi connectivity index (χ1n) is 7.97. The number of nitrogens with zero attached hydrogens (tertiary/aromatic N) is 3. The molecule has 0 radical (unpaired) electrons. The SMILES string of the molecule is CC(O)[C@H]1CN(c2ncc(OCc3c(Cl)cccc3Cl)cn2)CCO1. The van der Waals surface area contributed by atoms with Crippen molar-refractivity contribution in [1.82, 2.24) is 9.97 Å². The zero-order valence-electron chi connectivity index (χ0n) is 13.7. The van der Waals surface area contributed by atoms with Gasteiger partial charge in [-0.3, -0.25) is 0 Å². The van der Waals surface area contributed by atoms with Crippen LogP contribution in [-0.2, 0) is 11.3 Å². The summed E-state index contributed by atoms with van der Waals surface area (Å²) >= 11 is 12.3. The molecule has 2 aromatic rings. The van der Waals surface area contributed by atoms with Crippen LogP contribution in [0.25, 0.3) is 0 Å². The normalized spacial score (nSPS) is 18.9. The molecule has 134 valence electrons. The minimum absolute atomic E-state index is 0.239. The van der Waals surface area contributed by atoms with E-state index in [2.05, 4.69) is 9.97 Å². The van der Waals surface area contributed by atoms with Crippen LogP contribution in [-0.4, -0.2) is 47.0 Å². The van der Waals surface area contributed by atoms with Crippen LogP contribution in [0.2, 0.25) is 10.0 Å². The molecule has 3 rings (SSSR count). The molecule has 1 saturated heterocycles. The van der Waals surface area contributed by atoms with E-state index < -0.39 is 6.10 Å². The fourth-order valence-electron chi connectivity index (χ4n) is 2.52. The highest BCUT2D eigenvalue weighted by Crippen LogP contribution is 2.26. The second kappa shape index (κ2) is 8.19. The first-order valence-corrected chi connectivity index (χ1v) is 8.72. The second-order valence-corrected chi connectivity index (χ2v) is 6.62. The van der Waals surface area contributed by atoms with Crippen LogP contribution in [0.1, 0.15) is 12.5 Å². The number of aliphatic hydroxyl groups is 1. The van der Waals surface area contributed by atoms with Gasteiger partial charge in [-0.2, -0.15) is 0 Å². The van der Waals surface area contributed by atoms with E-state index in [0.717, 1.165) is 5.56 Å². The Morgan fingerprint density at radius 2 is 2.00 bits per heavy atom. The summed E-state index contributed by atoms with van der Waals surface area (Å²) < 4.78 is 11.2. The molecular formula is C17H19Cl2N3O3. The summed E-state index contributed by atoms with van der Waals surface area (Å²) in [5, 5.41) is 10.8. The largest absolute Gasteiger partial charge is 0.486 e. The third-order valence-electron chi connectivity index (χ3n) is 3.97. The molecule has 1 aromatic heterocycles. The van der Waals surface area contributed by atoms with Crippen molar-refractivity contribution in [1.29, 1.82) is 0 Å². The number of anilines is 1. The van der Waals surface area contributed by atoms with Crippen LogP contribution in [0.5, 0.6) is 5.75 Å². The van der Waals surface area contributed by atoms with Crippen molar-refractivity contribution in [2.24, 2.45) is 0 Å². The average molecular weight is 384 g/mol. The number of hydrogen-bond acceptors (Lipinski definition) is 6. The number of rotatable bonds is 5. The first kappa shape index (κ1) is 18.2. The number of aromatic nitrogens is 2. The minimum atomic E-state index is -0.536. The van der Waals surface area contributed by atoms with E-state index in [1.165, 1.54) is 0 Å². The van der Waals surface area contributed by atoms with E-state index in [4.69, 9.17) is 32.7 Å². The lowest BCUT2D eigenvalue weighted by Crippen LogP contribution is -2.47. The lowest BCUT2D eigenvalue weighted by Gasteiger charge is -2.34. The van der Waals surface area contributed by atoms with Crippen molar-refractivity contribution >= 4 is 29.2 Å². The van der Waals surface area contributed by atoms with Gasteiger partial charge < -0.3 is 19.5 Å². The van der Waals surface area contributed by atoms with Gasteiger partial charge in [-0.25, -0.2) is 9.97 Å². The van der Waals surface area contributed by atoms with Crippen LogP contribution in [0.4, 0.5) is 5.95 Å². The molecular weight excluding hydrogens is 365 g/mol. The summed E-state index contributed by atoms with van der Waals surface area (Å²) in [4.78, 5) is 10.7. The zero-order chi connectivity index (χ0) is 17.8. The van der Waals surface area contributed by atoms with E-state index in [0.29, 0.717) is 41.4 Å². The molecule has 1 N–H and O–H groups in total. The number of ether oxygens (including phenoxy) is 2. The number of hydrogen-bond donors (Lipinski definition) is 1. The Kier molecular flexibility index (Phi) is 5.96. The molecule has 25 heavy (non-hydrogen) atoms. The second-order valence-electron chi connectivity index (χ2n) is 5.80. The summed E-state index contributed by atoms with van der Waals surface area (Å²) in [5.41, 5.74) is 0.725. The van der Waals surface area contributed by atoms with E-state index in [-0.39, 0.29) is 12.7 Å². The van der Waals surface area contributed by atoms with Gasteiger partial charge in [0.2, 0.25) is 5.95 Å². The van der Waals surface area contributed by atoms with Gasteiger partial charge in [0.15, 0.2) is 5.75 Å². The Hall–Kier alpha value is -1.60. The highest BCUT2D eigenvalue weighted by Gasteiger charge is 2.25. The Bertz CT molecular complexity index is 693. The van der Waals surface area contributed by atoms with E-state index in [1.807, 2.05) is 4.90 Å². The molecule has 1 aromatic carbocycles. The number of halogens is 2. The smallest absolute Gasteiger partial charge is 0.225 e. The van der Waals surface area contributed by atoms with Gasteiger partial charge in [-0.1, -0.05) is 29.3 Å². The monoisotopic (exact) mass is 383 g/mol. The molecule has 2 heterocycles. The Morgan fingerprint density at radius 3 is 2.64 bits per heavy atom. The maximum atomic E-state index is 9.67. The van der Waals surface area contributed by atoms with E-state index in [1.54, 1.807) is 37.5 Å². The molecule has 1 aliphatic rings. The van der Waals surface area contributed by atoms with Crippen molar-refractivity contribution in [3.8, 4) is 5.75 Å². The highest BCUT2D eigenvalue weighted by atomic mass is 35.5. The predicted molar refractivity (Wildman–Crippen MR) is 96.5 cm³/mol. The third-order valence-corrected chi connectivity index (χ3v) is 4.68. The van der Waals surface area contributed by atoms with Crippen molar-refractivity contribution in [2.45, 2.75) is 25.7 Å². The molecule has 0 bridgehead atoms. The fraction of sp³-hybridized carbons (Fsp3) is 0.412. The summed E-state index contributed by atoms with van der Waals surface area (Å²) in [7, 11) is 0. The van der Waals surface area contributed by atoms with Gasteiger partial charge in [0, 0.05) is 28.7 Å². The first-order chi connectivity index (χ1) is 12.0. The third kappa shape index (κ3) is 4.52. The fourth-order valence-corrected chi connectivity index (χ4v) is 3.03. The number of aliphatic hydroxyl groups excluding tert-OH is 1. The van der Waals surface area contributed by atoms with Crippen LogP contribution >= 0.6 is 23.2 Å². The molecule has 2 atom stereocenters. The molecule has 0 aliphatic carbocycles. The van der Waals surface area contributed by atoms with Crippen LogP contribution in [0.3, 0.4) is 0 Å². The topological polar surface area (TPSA) is 67.7 Å². The highest BCUT2D eigenvalue weighted by molar-refractivity contribution is 6.35. The van der Waals surface area contributed by atoms with E-state index >= 15 is 0 Å². The van der Waals surface area contributed by atoms with Crippen molar-refractivity contribution in [3.63, 3.8) is 0 Å². The molecule has 1 aliphatic heterocycles. The summed E-state index contributed by atoms with van der Waals surface area (Å²) in [6, 6.07) is 5.32. The molecule has 0 spiro atoms. The van der Waals surface area contributed by atoms with Crippen molar-refractivity contribution in [3.05, 3.63) is 46.2 Å². The van der Waals surface area contributed by atoms with Gasteiger partial charge in [0.25, 0.3) is 0 Å². The summed E-state index contributed by atoms with van der Waals surface area (Å²) in [6.07, 6.45) is 2.45.